The number of amides is 2. The van der Waals surface area contributed by atoms with Crippen LogP contribution in [0.3, 0.4) is 0 Å². The number of nitrogens with zero attached hydrogens (tertiary/aromatic N) is 5. The van der Waals surface area contributed by atoms with Crippen LogP contribution >= 0.6 is 19.2 Å². The molecule has 40 heavy (non-hydrogen) atoms. The average Bonchev–Trinajstić information content (AvgIpc) is 3.46. The van der Waals surface area contributed by atoms with Gasteiger partial charge >= 0.3 is 7.60 Å². The lowest BCUT2D eigenvalue weighted by Gasteiger charge is -2.39. The molecule has 14 heteroatoms. The SMILES string of the molecule is C[C@H](NC(=O)[C@H]1C[C@@H](c2ccccc2)CCN1CCCP(=O)(O)O)C(=O)NCc1cc(Cl)ccc1-n1cnnn1. The Morgan fingerprint density at radius 3 is 2.67 bits per heavy atom. The van der Waals surface area contributed by atoms with Gasteiger partial charge in [-0.15, -0.1) is 5.10 Å². The van der Waals surface area contributed by atoms with Crippen LogP contribution in [-0.4, -0.2) is 78.0 Å². The standard InChI is InChI=1S/C26H33ClN7O5P/c1-18(25(35)28-16-21-14-22(27)8-9-23(21)34-17-29-31-32-34)30-26(36)24-15-20(19-6-3-2-4-7-19)10-12-33(24)11-5-13-40(37,38)39/h2-4,6-9,14,17-18,20,24H,5,10-13,15-16H2,1H3,(H,28,35)(H,30,36)(H2,37,38,39)/t18-,20-,24+/m0/s1. The Morgan fingerprint density at radius 1 is 1.20 bits per heavy atom. The summed E-state index contributed by atoms with van der Waals surface area (Å²) in [6.07, 6.45) is 2.83. The molecule has 3 atom stereocenters. The van der Waals surface area contributed by atoms with Gasteiger partial charge in [0.05, 0.1) is 17.9 Å². The third-order valence-electron chi connectivity index (χ3n) is 7.02. The van der Waals surface area contributed by atoms with Crippen molar-refractivity contribution in [2.75, 3.05) is 19.3 Å². The summed E-state index contributed by atoms with van der Waals surface area (Å²) < 4.78 is 12.8. The van der Waals surface area contributed by atoms with E-state index in [1.165, 1.54) is 11.0 Å². The van der Waals surface area contributed by atoms with Gasteiger partial charge in [0.15, 0.2) is 0 Å². The van der Waals surface area contributed by atoms with Crippen LogP contribution in [-0.2, 0) is 20.7 Å². The van der Waals surface area contributed by atoms with Crippen LogP contribution in [0, 0.1) is 0 Å². The second-order valence-corrected chi connectivity index (χ2v) is 12.1. The fourth-order valence-corrected chi connectivity index (χ4v) is 5.71. The lowest BCUT2D eigenvalue weighted by molar-refractivity contribution is -0.132. The lowest BCUT2D eigenvalue weighted by Crippen LogP contribution is -2.55. The molecule has 3 aromatic rings. The maximum atomic E-state index is 13.5. The second-order valence-electron chi connectivity index (χ2n) is 9.90. The molecule has 2 heterocycles. The smallest absolute Gasteiger partial charge is 0.325 e. The zero-order chi connectivity index (χ0) is 28.7. The fraction of sp³-hybridized carbons (Fsp3) is 0.423. The Balaban J connectivity index is 1.40. The summed E-state index contributed by atoms with van der Waals surface area (Å²) in [4.78, 5) is 46.9. The van der Waals surface area contributed by atoms with Gasteiger partial charge in [0.2, 0.25) is 11.8 Å². The summed E-state index contributed by atoms with van der Waals surface area (Å²) in [5.41, 5.74) is 2.49. The highest BCUT2D eigenvalue weighted by Gasteiger charge is 2.35. The molecule has 1 aliphatic rings. The van der Waals surface area contributed by atoms with Crippen LogP contribution in [0.15, 0.2) is 54.9 Å². The second kappa shape index (κ2) is 13.5. The first-order chi connectivity index (χ1) is 19.1. The summed E-state index contributed by atoms with van der Waals surface area (Å²) in [7, 11) is -4.13. The van der Waals surface area contributed by atoms with E-state index < -0.39 is 19.7 Å². The molecule has 0 bridgehead atoms. The van der Waals surface area contributed by atoms with Crippen molar-refractivity contribution in [3.05, 3.63) is 71.0 Å². The molecule has 0 aliphatic carbocycles. The van der Waals surface area contributed by atoms with Gasteiger partial charge in [-0.25, -0.2) is 4.68 Å². The number of nitrogens with one attached hydrogen (secondary N) is 2. The number of hydrogen-bond donors (Lipinski definition) is 4. The van der Waals surface area contributed by atoms with Crippen LogP contribution < -0.4 is 10.6 Å². The van der Waals surface area contributed by atoms with E-state index in [1.54, 1.807) is 25.1 Å². The minimum atomic E-state index is -4.13. The average molecular weight is 590 g/mol. The monoisotopic (exact) mass is 589 g/mol. The molecule has 0 unspecified atom stereocenters. The predicted molar refractivity (Wildman–Crippen MR) is 149 cm³/mol. The number of carbonyl (C=O) groups excluding carboxylic acids is 2. The molecule has 12 nitrogen and oxygen atoms in total. The van der Waals surface area contributed by atoms with Crippen molar-refractivity contribution in [3.63, 3.8) is 0 Å². The Hall–Kier alpha value is -3.15. The molecule has 0 spiro atoms. The van der Waals surface area contributed by atoms with Crippen LogP contribution in [0.5, 0.6) is 0 Å². The van der Waals surface area contributed by atoms with Gasteiger partial charge in [0.1, 0.15) is 12.4 Å². The topological polar surface area (TPSA) is 163 Å². The van der Waals surface area contributed by atoms with Gasteiger partial charge in [-0.1, -0.05) is 41.9 Å². The number of hydrogen-bond acceptors (Lipinski definition) is 7. The van der Waals surface area contributed by atoms with Crippen LogP contribution in [0.2, 0.25) is 5.02 Å². The first-order valence-corrected chi connectivity index (χ1v) is 15.2. The van der Waals surface area contributed by atoms with E-state index in [9.17, 15) is 23.9 Å². The molecular formula is C26H33ClN7O5P. The number of benzene rings is 2. The van der Waals surface area contributed by atoms with E-state index in [1.807, 2.05) is 35.2 Å². The van der Waals surface area contributed by atoms with Gasteiger partial charge in [0, 0.05) is 11.6 Å². The molecular weight excluding hydrogens is 557 g/mol. The van der Waals surface area contributed by atoms with Gasteiger partial charge in [-0.3, -0.25) is 19.1 Å². The lowest BCUT2D eigenvalue weighted by atomic mass is 9.85. The Kier molecular flexibility index (Phi) is 10.0. The number of tetrazole rings is 1. The minimum absolute atomic E-state index is 0.142. The predicted octanol–water partition coefficient (Wildman–Crippen LogP) is 2.25. The summed E-state index contributed by atoms with van der Waals surface area (Å²) in [5.74, 6) is -0.511. The molecule has 4 N–H and O–H groups in total. The zero-order valence-corrected chi connectivity index (χ0v) is 23.7. The molecule has 0 saturated carbocycles. The molecule has 0 radical (unpaired) electrons. The van der Waals surface area contributed by atoms with Gasteiger partial charge in [-0.2, -0.15) is 0 Å². The van der Waals surface area contributed by atoms with E-state index in [0.717, 1.165) is 12.0 Å². The fourth-order valence-electron chi connectivity index (χ4n) is 4.96. The van der Waals surface area contributed by atoms with Gasteiger partial charge in [-0.05, 0) is 84.9 Å². The highest BCUT2D eigenvalue weighted by molar-refractivity contribution is 7.51. The van der Waals surface area contributed by atoms with Gasteiger partial charge < -0.3 is 20.4 Å². The number of halogens is 1. The van der Waals surface area contributed by atoms with Crippen molar-refractivity contribution in [2.45, 2.75) is 50.7 Å². The Bertz CT molecular complexity index is 1340. The molecule has 1 aromatic heterocycles. The maximum absolute atomic E-state index is 13.5. The van der Waals surface area contributed by atoms with E-state index in [-0.39, 0.29) is 36.9 Å². The third-order valence-corrected chi connectivity index (χ3v) is 8.16. The molecule has 1 fully saturated rings. The molecule has 2 aromatic carbocycles. The number of carbonyl (C=O) groups is 2. The first-order valence-electron chi connectivity index (χ1n) is 13.0. The van der Waals surface area contributed by atoms with Gasteiger partial charge in [0.25, 0.3) is 0 Å². The number of likely N-dealkylation sites (tertiary alicyclic amines) is 1. The van der Waals surface area contributed by atoms with Crippen molar-refractivity contribution >= 4 is 31.0 Å². The third kappa shape index (κ3) is 8.18. The van der Waals surface area contributed by atoms with Crippen molar-refractivity contribution in [3.8, 4) is 5.69 Å². The van der Waals surface area contributed by atoms with E-state index in [0.29, 0.717) is 35.8 Å². The zero-order valence-electron chi connectivity index (χ0n) is 22.1. The van der Waals surface area contributed by atoms with Crippen LogP contribution in [0.4, 0.5) is 0 Å². The molecule has 1 saturated heterocycles. The normalized spacial score (nSPS) is 18.7. The number of rotatable bonds is 11. The van der Waals surface area contributed by atoms with Crippen LogP contribution in [0.25, 0.3) is 5.69 Å². The number of piperidine rings is 1. The van der Waals surface area contributed by atoms with E-state index in [4.69, 9.17) is 11.6 Å². The molecule has 214 valence electrons. The highest BCUT2D eigenvalue weighted by atomic mass is 35.5. The van der Waals surface area contributed by atoms with Crippen molar-refractivity contribution in [1.82, 2.24) is 35.7 Å². The maximum Gasteiger partial charge on any atom is 0.325 e. The molecule has 1 aliphatic heterocycles. The van der Waals surface area contributed by atoms with E-state index >= 15 is 0 Å². The quantitative estimate of drug-likeness (QED) is 0.246. The summed E-state index contributed by atoms with van der Waals surface area (Å²) in [6.45, 7) is 2.74. The minimum Gasteiger partial charge on any atom is -0.350 e. The summed E-state index contributed by atoms with van der Waals surface area (Å²) in [5, 5.41) is 17.4. The van der Waals surface area contributed by atoms with Crippen molar-refractivity contribution in [1.29, 1.82) is 0 Å². The molecule has 2 amide bonds. The first kappa shape index (κ1) is 29.8. The summed E-state index contributed by atoms with van der Waals surface area (Å²) in [6, 6.07) is 13.8. The summed E-state index contributed by atoms with van der Waals surface area (Å²) >= 11 is 6.16. The highest BCUT2D eigenvalue weighted by Crippen LogP contribution is 2.36. The van der Waals surface area contributed by atoms with Crippen LogP contribution in [0.1, 0.15) is 43.2 Å². The van der Waals surface area contributed by atoms with Crippen molar-refractivity contribution < 1.29 is 23.9 Å². The Morgan fingerprint density at radius 2 is 1.98 bits per heavy atom. The largest absolute Gasteiger partial charge is 0.350 e. The Labute approximate surface area is 237 Å². The van der Waals surface area contributed by atoms with Crippen molar-refractivity contribution in [2.24, 2.45) is 0 Å². The number of aromatic nitrogens is 4. The molecule has 4 rings (SSSR count). The van der Waals surface area contributed by atoms with E-state index in [2.05, 4.69) is 26.2 Å².